The Balaban J connectivity index is 1.70. The van der Waals surface area contributed by atoms with Gasteiger partial charge in [0.25, 0.3) is 0 Å². The van der Waals surface area contributed by atoms with Gasteiger partial charge in [-0.2, -0.15) is 0 Å². The number of rotatable bonds is 5. The second-order valence-corrected chi connectivity index (χ2v) is 7.28. The van der Waals surface area contributed by atoms with Gasteiger partial charge >= 0.3 is 0 Å². The highest BCUT2D eigenvalue weighted by atomic mass is 16.3. The van der Waals surface area contributed by atoms with Crippen LogP contribution in [-0.2, 0) is 0 Å². The Morgan fingerprint density at radius 1 is 1.00 bits per heavy atom. The van der Waals surface area contributed by atoms with Crippen molar-refractivity contribution in [2.45, 2.75) is 58.5 Å². The van der Waals surface area contributed by atoms with E-state index in [-0.39, 0.29) is 6.10 Å². The summed E-state index contributed by atoms with van der Waals surface area (Å²) >= 11 is 0. The van der Waals surface area contributed by atoms with Crippen LogP contribution in [-0.4, -0.2) is 35.7 Å². The molecule has 4 bridgehead atoms. The number of hydrogen-bond donors (Lipinski definition) is 1. The molecule has 2 heteroatoms. The van der Waals surface area contributed by atoms with E-state index in [2.05, 4.69) is 18.7 Å². The zero-order chi connectivity index (χ0) is 12.8. The molecular formula is C16H29NO. The van der Waals surface area contributed by atoms with Crippen LogP contribution in [0.4, 0.5) is 0 Å². The van der Waals surface area contributed by atoms with Crippen molar-refractivity contribution < 1.29 is 5.11 Å². The maximum Gasteiger partial charge on any atom is 0.0723 e. The molecule has 0 radical (unpaired) electrons. The molecule has 1 unspecified atom stereocenters. The van der Waals surface area contributed by atoms with Crippen LogP contribution in [0.5, 0.6) is 0 Å². The summed E-state index contributed by atoms with van der Waals surface area (Å²) in [5.74, 6) is 2.84. The first-order valence-electron chi connectivity index (χ1n) is 8.05. The van der Waals surface area contributed by atoms with E-state index in [9.17, 15) is 5.11 Å². The fourth-order valence-electron chi connectivity index (χ4n) is 5.51. The summed E-state index contributed by atoms with van der Waals surface area (Å²) in [6.45, 7) is 7.45. The third-order valence-electron chi connectivity index (χ3n) is 6.12. The molecule has 4 fully saturated rings. The van der Waals surface area contributed by atoms with Gasteiger partial charge in [-0.15, -0.1) is 0 Å². The smallest absolute Gasteiger partial charge is 0.0723 e. The van der Waals surface area contributed by atoms with E-state index >= 15 is 0 Å². The first-order valence-corrected chi connectivity index (χ1v) is 8.05. The van der Waals surface area contributed by atoms with Crippen molar-refractivity contribution in [3.8, 4) is 0 Å². The lowest BCUT2D eigenvalue weighted by Crippen LogP contribution is -2.54. The molecule has 2 nitrogen and oxygen atoms in total. The van der Waals surface area contributed by atoms with E-state index in [1.807, 2.05) is 0 Å². The van der Waals surface area contributed by atoms with Gasteiger partial charge in [0.2, 0.25) is 0 Å². The van der Waals surface area contributed by atoms with Gasteiger partial charge in [0.05, 0.1) is 6.10 Å². The Bertz CT molecular complexity index is 262. The second kappa shape index (κ2) is 4.79. The normalized spacial score (nSPS) is 43.7. The third-order valence-corrected chi connectivity index (χ3v) is 6.12. The average Bonchev–Trinajstić information content (AvgIpc) is 2.34. The molecule has 4 aliphatic rings. The highest BCUT2D eigenvalue weighted by Gasteiger charge is 2.53. The van der Waals surface area contributed by atoms with Crippen LogP contribution in [0.25, 0.3) is 0 Å². The standard InChI is InChI=1S/C16H29NO/c1-3-17(4-2)11-15(18)16-8-12-5-13(9-16)7-14(6-12)10-16/h12-15,18H,3-11H2,1-2H3. The van der Waals surface area contributed by atoms with Crippen molar-refractivity contribution in [2.75, 3.05) is 19.6 Å². The van der Waals surface area contributed by atoms with Crippen LogP contribution in [0, 0.1) is 23.2 Å². The van der Waals surface area contributed by atoms with E-state index in [1.165, 1.54) is 38.5 Å². The summed E-state index contributed by atoms with van der Waals surface area (Å²) in [7, 11) is 0. The van der Waals surface area contributed by atoms with E-state index in [4.69, 9.17) is 0 Å². The Hall–Kier alpha value is -0.0800. The topological polar surface area (TPSA) is 23.5 Å². The van der Waals surface area contributed by atoms with Gasteiger partial charge in [-0.3, -0.25) is 0 Å². The quantitative estimate of drug-likeness (QED) is 0.812. The predicted molar refractivity (Wildman–Crippen MR) is 74.4 cm³/mol. The number of aliphatic hydroxyl groups is 1. The van der Waals surface area contributed by atoms with Gasteiger partial charge in [0.15, 0.2) is 0 Å². The second-order valence-electron chi connectivity index (χ2n) is 7.28. The SMILES string of the molecule is CCN(CC)CC(O)C12CC3CC(CC(C3)C1)C2. The Labute approximate surface area is 112 Å². The molecule has 1 atom stereocenters. The summed E-state index contributed by atoms with van der Waals surface area (Å²) in [5.41, 5.74) is 0.303. The zero-order valence-corrected chi connectivity index (χ0v) is 12.1. The van der Waals surface area contributed by atoms with Crippen molar-refractivity contribution in [3.05, 3.63) is 0 Å². The largest absolute Gasteiger partial charge is 0.391 e. The molecule has 0 amide bonds. The fraction of sp³-hybridized carbons (Fsp3) is 1.00. The molecule has 104 valence electrons. The molecule has 0 aliphatic heterocycles. The van der Waals surface area contributed by atoms with Gasteiger partial charge < -0.3 is 10.0 Å². The Morgan fingerprint density at radius 3 is 1.83 bits per heavy atom. The van der Waals surface area contributed by atoms with Crippen LogP contribution < -0.4 is 0 Å². The van der Waals surface area contributed by atoms with Crippen molar-refractivity contribution in [2.24, 2.45) is 23.2 Å². The lowest BCUT2D eigenvalue weighted by molar-refractivity contribution is -0.126. The molecule has 0 aromatic rings. The van der Waals surface area contributed by atoms with Crippen LogP contribution in [0.15, 0.2) is 0 Å². The first-order chi connectivity index (χ1) is 8.65. The maximum absolute atomic E-state index is 10.8. The molecule has 0 aromatic heterocycles. The van der Waals surface area contributed by atoms with Gasteiger partial charge in [0, 0.05) is 6.54 Å². The molecule has 4 rings (SSSR count). The number of likely N-dealkylation sites (N-methyl/N-ethyl adjacent to an activating group) is 1. The molecule has 18 heavy (non-hydrogen) atoms. The minimum Gasteiger partial charge on any atom is -0.391 e. The van der Waals surface area contributed by atoms with E-state index in [1.54, 1.807) is 0 Å². The van der Waals surface area contributed by atoms with Crippen LogP contribution in [0.1, 0.15) is 52.4 Å². The van der Waals surface area contributed by atoms with Crippen LogP contribution in [0.3, 0.4) is 0 Å². The number of hydrogen-bond acceptors (Lipinski definition) is 2. The highest BCUT2D eigenvalue weighted by Crippen LogP contribution is 2.61. The van der Waals surface area contributed by atoms with Crippen molar-refractivity contribution in [3.63, 3.8) is 0 Å². The summed E-state index contributed by atoms with van der Waals surface area (Å²) < 4.78 is 0. The third kappa shape index (κ3) is 2.12. The van der Waals surface area contributed by atoms with Crippen molar-refractivity contribution in [1.82, 2.24) is 4.90 Å². The summed E-state index contributed by atoms with van der Waals surface area (Å²) in [5, 5.41) is 10.8. The highest BCUT2D eigenvalue weighted by molar-refractivity contribution is 5.04. The molecule has 0 aromatic carbocycles. The molecule has 1 N–H and O–H groups in total. The summed E-state index contributed by atoms with van der Waals surface area (Å²) in [4.78, 5) is 2.39. The molecular weight excluding hydrogens is 222 g/mol. The molecule has 0 heterocycles. The minimum atomic E-state index is -0.0780. The Morgan fingerprint density at radius 2 is 1.44 bits per heavy atom. The van der Waals surface area contributed by atoms with E-state index in [0.717, 1.165) is 37.4 Å². The zero-order valence-electron chi connectivity index (χ0n) is 12.1. The van der Waals surface area contributed by atoms with Gasteiger partial charge in [-0.1, -0.05) is 13.8 Å². The average molecular weight is 251 g/mol. The lowest BCUT2D eigenvalue weighted by atomic mass is 9.48. The van der Waals surface area contributed by atoms with Gasteiger partial charge in [-0.05, 0) is 74.8 Å². The Kier molecular flexibility index (Phi) is 3.44. The van der Waals surface area contributed by atoms with Crippen LogP contribution >= 0.6 is 0 Å². The van der Waals surface area contributed by atoms with Crippen molar-refractivity contribution >= 4 is 0 Å². The van der Waals surface area contributed by atoms with E-state index in [0.29, 0.717) is 5.41 Å². The van der Waals surface area contributed by atoms with Crippen molar-refractivity contribution in [1.29, 1.82) is 0 Å². The van der Waals surface area contributed by atoms with Crippen LogP contribution in [0.2, 0.25) is 0 Å². The number of nitrogens with zero attached hydrogens (tertiary/aromatic N) is 1. The monoisotopic (exact) mass is 251 g/mol. The first kappa shape index (κ1) is 12.9. The summed E-state index contributed by atoms with van der Waals surface area (Å²) in [6.07, 6.45) is 8.29. The van der Waals surface area contributed by atoms with Gasteiger partial charge in [-0.25, -0.2) is 0 Å². The van der Waals surface area contributed by atoms with Gasteiger partial charge in [0.1, 0.15) is 0 Å². The number of aliphatic hydroxyl groups excluding tert-OH is 1. The molecule has 4 aliphatic carbocycles. The predicted octanol–water partition coefficient (Wildman–Crippen LogP) is 2.91. The maximum atomic E-state index is 10.8. The minimum absolute atomic E-state index is 0.0780. The molecule has 0 spiro atoms. The molecule has 4 saturated carbocycles. The summed E-state index contributed by atoms with van der Waals surface area (Å²) in [6, 6.07) is 0. The lowest BCUT2D eigenvalue weighted by Gasteiger charge is -2.58. The fourth-order valence-corrected chi connectivity index (χ4v) is 5.51. The van der Waals surface area contributed by atoms with E-state index < -0.39 is 0 Å². The molecule has 0 saturated heterocycles.